The molecule has 0 heterocycles. The fraction of sp³-hybridized carbons (Fsp3) is 0.700. The summed E-state index contributed by atoms with van der Waals surface area (Å²) in [6.45, 7) is 4.63. The smallest absolute Gasteiger partial charge is 0.0139 e. The zero-order valence-electron chi connectivity index (χ0n) is 13.7. The van der Waals surface area contributed by atoms with E-state index in [4.69, 9.17) is 5.73 Å². The summed E-state index contributed by atoms with van der Waals surface area (Å²) in [4.78, 5) is 0. The average Bonchev–Trinajstić information content (AvgIpc) is 3.13. The van der Waals surface area contributed by atoms with Crippen molar-refractivity contribution in [1.82, 2.24) is 0 Å². The van der Waals surface area contributed by atoms with Crippen molar-refractivity contribution in [1.29, 1.82) is 0 Å². The van der Waals surface area contributed by atoms with Crippen LogP contribution in [0.25, 0.3) is 0 Å². The Balaban J connectivity index is 1.77. The third-order valence-electron chi connectivity index (χ3n) is 6.76. The van der Waals surface area contributed by atoms with E-state index in [1.54, 1.807) is 0 Å². The Bertz CT molecular complexity index is 448. The second-order valence-corrected chi connectivity index (χ2v) is 7.51. The van der Waals surface area contributed by atoms with Crippen molar-refractivity contribution >= 4 is 0 Å². The Kier molecular flexibility index (Phi) is 4.40. The number of fused-ring (bicyclic) bond motifs is 2. The van der Waals surface area contributed by atoms with E-state index in [2.05, 4.69) is 44.2 Å². The summed E-state index contributed by atoms with van der Waals surface area (Å²) < 4.78 is 0. The van der Waals surface area contributed by atoms with Crippen LogP contribution in [-0.2, 0) is 5.41 Å². The van der Waals surface area contributed by atoms with Crippen LogP contribution >= 0.6 is 0 Å². The summed E-state index contributed by atoms with van der Waals surface area (Å²) >= 11 is 0. The molecule has 1 nitrogen and oxygen atoms in total. The summed E-state index contributed by atoms with van der Waals surface area (Å²) in [6, 6.07) is 11.3. The van der Waals surface area contributed by atoms with Gasteiger partial charge in [0.05, 0.1) is 0 Å². The Morgan fingerprint density at radius 1 is 1.10 bits per heavy atom. The van der Waals surface area contributed by atoms with Crippen LogP contribution in [0.1, 0.15) is 64.4 Å². The molecule has 0 radical (unpaired) electrons. The van der Waals surface area contributed by atoms with Gasteiger partial charge in [-0.05, 0) is 61.8 Å². The highest BCUT2D eigenvalue weighted by Crippen LogP contribution is 2.51. The summed E-state index contributed by atoms with van der Waals surface area (Å²) in [5.41, 5.74) is 8.44. The quantitative estimate of drug-likeness (QED) is 0.790. The molecule has 2 saturated carbocycles. The van der Waals surface area contributed by atoms with Crippen molar-refractivity contribution in [2.24, 2.45) is 23.5 Å². The van der Waals surface area contributed by atoms with Gasteiger partial charge in [0.25, 0.3) is 0 Å². The molecular weight excluding hydrogens is 254 g/mol. The molecule has 0 aliphatic heterocycles. The van der Waals surface area contributed by atoms with Crippen LogP contribution in [-0.4, -0.2) is 6.04 Å². The van der Waals surface area contributed by atoms with Crippen LogP contribution in [0.15, 0.2) is 30.3 Å². The van der Waals surface area contributed by atoms with Crippen molar-refractivity contribution in [3.05, 3.63) is 35.9 Å². The van der Waals surface area contributed by atoms with Crippen LogP contribution in [0.3, 0.4) is 0 Å². The predicted molar refractivity (Wildman–Crippen MR) is 90.2 cm³/mol. The normalized spacial score (nSPS) is 29.8. The topological polar surface area (TPSA) is 26.0 Å². The molecular formula is C20H31N. The molecule has 1 aromatic rings. The summed E-state index contributed by atoms with van der Waals surface area (Å²) in [6.07, 6.45) is 9.44. The van der Waals surface area contributed by atoms with Gasteiger partial charge in [0, 0.05) is 11.5 Å². The van der Waals surface area contributed by atoms with Gasteiger partial charge in [0.1, 0.15) is 0 Å². The van der Waals surface area contributed by atoms with E-state index in [0.717, 1.165) is 30.6 Å². The lowest BCUT2D eigenvalue weighted by Crippen LogP contribution is -2.46. The molecule has 2 N–H and O–H groups in total. The highest BCUT2D eigenvalue weighted by atomic mass is 14.7. The molecule has 2 aliphatic carbocycles. The highest BCUT2D eigenvalue weighted by molar-refractivity contribution is 5.27. The van der Waals surface area contributed by atoms with E-state index in [9.17, 15) is 0 Å². The van der Waals surface area contributed by atoms with Crippen LogP contribution < -0.4 is 5.73 Å². The first-order chi connectivity index (χ1) is 10.2. The number of hydrogen-bond donors (Lipinski definition) is 1. The summed E-state index contributed by atoms with van der Waals surface area (Å²) in [5.74, 6) is 2.92. The fourth-order valence-electron chi connectivity index (χ4n) is 5.38. The second-order valence-electron chi connectivity index (χ2n) is 7.51. The van der Waals surface area contributed by atoms with E-state index < -0.39 is 0 Å². The molecule has 4 atom stereocenters. The molecule has 0 aromatic heterocycles. The second kappa shape index (κ2) is 6.12. The molecule has 0 amide bonds. The minimum atomic E-state index is 0.170. The van der Waals surface area contributed by atoms with Gasteiger partial charge in [-0.25, -0.2) is 0 Å². The number of rotatable bonds is 6. The largest absolute Gasteiger partial charge is 0.327 e. The van der Waals surface area contributed by atoms with E-state index in [1.807, 2.05) is 0 Å². The zero-order valence-corrected chi connectivity index (χ0v) is 13.7. The molecule has 0 spiro atoms. The number of nitrogens with two attached hydrogens (primary N) is 1. The number of hydrogen-bond acceptors (Lipinski definition) is 1. The van der Waals surface area contributed by atoms with Crippen LogP contribution in [0.2, 0.25) is 0 Å². The molecule has 21 heavy (non-hydrogen) atoms. The maximum absolute atomic E-state index is 6.82. The van der Waals surface area contributed by atoms with Gasteiger partial charge in [-0.3, -0.25) is 0 Å². The van der Waals surface area contributed by atoms with Gasteiger partial charge >= 0.3 is 0 Å². The SMILES string of the molecule is CCC(CC)(c1ccccc1)C(N)CC1CC2CCC1C2. The monoisotopic (exact) mass is 285 g/mol. The molecule has 1 aromatic carbocycles. The van der Waals surface area contributed by atoms with Gasteiger partial charge < -0.3 is 5.73 Å². The van der Waals surface area contributed by atoms with Crippen molar-refractivity contribution in [2.75, 3.05) is 0 Å². The third kappa shape index (κ3) is 2.65. The maximum atomic E-state index is 6.82. The Labute approximate surface area is 130 Å². The summed E-state index contributed by atoms with van der Waals surface area (Å²) in [7, 11) is 0. The van der Waals surface area contributed by atoms with Gasteiger partial charge in [-0.15, -0.1) is 0 Å². The Morgan fingerprint density at radius 3 is 2.33 bits per heavy atom. The van der Waals surface area contributed by atoms with Crippen molar-refractivity contribution in [3.8, 4) is 0 Å². The van der Waals surface area contributed by atoms with E-state index >= 15 is 0 Å². The Morgan fingerprint density at radius 2 is 1.81 bits per heavy atom. The van der Waals surface area contributed by atoms with Gasteiger partial charge in [-0.2, -0.15) is 0 Å². The van der Waals surface area contributed by atoms with Gasteiger partial charge in [0.2, 0.25) is 0 Å². The third-order valence-corrected chi connectivity index (χ3v) is 6.76. The van der Waals surface area contributed by atoms with E-state index in [1.165, 1.54) is 37.7 Å². The van der Waals surface area contributed by atoms with Crippen molar-refractivity contribution < 1.29 is 0 Å². The lowest BCUT2D eigenvalue weighted by molar-refractivity contribution is 0.228. The van der Waals surface area contributed by atoms with E-state index in [0.29, 0.717) is 6.04 Å². The fourth-order valence-corrected chi connectivity index (χ4v) is 5.38. The van der Waals surface area contributed by atoms with Crippen LogP contribution in [0.5, 0.6) is 0 Å². The maximum Gasteiger partial charge on any atom is 0.0139 e. The lowest BCUT2D eigenvalue weighted by Gasteiger charge is -2.40. The minimum Gasteiger partial charge on any atom is -0.327 e. The molecule has 116 valence electrons. The van der Waals surface area contributed by atoms with Crippen molar-refractivity contribution in [2.45, 2.75) is 70.3 Å². The van der Waals surface area contributed by atoms with Gasteiger partial charge in [-0.1, -0.05) is 50.6 Å². The molecule has 2 fully saturated rings. The van der Waals surface area contributed by atoms with Crippen LogP contribution in [0.4, 0.5) is 0 Å². The highest BCUT2D eigenvalue weighted by Gasteiger charge is 2.43. The number of benzene rings is 1. The molecule has 3 rings (SSSR count). The Hall–Kier alpha value is -0.820. The zero-order chi connectivity index (χ0) is 14.9. The standard InChI is InChI=1S/C20H31N/c1-3-20(4-2,18-8-6-5-7-9-18)19(21)14-17-13-15-10-11-16(17)12-15/h5-9,15-17,19H,3-4,10-14,21H2,1-2H3. The molecule has 4 unspecified atom stereocenters. The molecule has 0 saturated heterocycles. The van der Waals surface area contributed by atoms with E-state index in [-0.39, 0.29) is 5.41 Å². The molecule has 2 aliphatic rings. The predicted octanol–water partition coefficient (Wildman–Crippen LogP) is 4.90. The van der Waals surface area contributed by atoms with Gasteiger partial charge in [0.15, 0.2) is 0 Å². The lowest BCUT2D eigenvalue weighted by atomic mass is 9.67. The first kappa shape index (κ1) is 15.1. The minimum absolute atomic E-state index is 0.170. The first-order valence-corrected chi connectivity index (χ1v) is 9.00. The summed E-state index contributed by atoms with van der Waals surface area (Å²) in [5, 5.41) is 0. The van der Waals surface area contributed by atoms with Crippen molar-refractivity contribution in [3.63, 3.8) is 0 Å². The first-order valence-electron chi connectivity index (χ1n) is 9.00. The molecule has 2 bridgehead atoms. The van der Waals surface area contributed by atoms with Crippen LogP contribution in [0, 0.1) is 17.8 Å². The average molecular weight is 285 g/mol. The molecule has 1 heteroatoms.